The Balaban J connectivity index is 2.32. The standard InChI is InChI=1S/C16H16N2O/c1-12-7-6-10-15(19-2)16(12)18-14(11-17)13-8-4-3-5-9-13/h3-10,14,18H,1-2H3/t14-/m0/s1. The van der Waals surface area contributed by atoms with Crippen molar-refractivity contribution in [3.05, 3.63) is 59.7 Å². The Morgan fingerprint density at radius 3 is 2.47 bits per heavy atom. The number of nitriles is 1. The molecule has 0 saturated carbocycles. The number of methoxy groups -OCH3 is 1. The number of aryl methyl sites for hydroxylation is 1. The van der Waals surface area contributed by atoms with E-state index in [2.05, 4.69) is 11.4 Å². The molecule has 0 aromatic heterocycles. The van der Waals surface area contributed by atoms with Crippen LogP contribution in [0.4, 0.5) is 5.69 Å². The molecule has 0 fully saturated rings. The van der Waals surface area contributed by atoms with E-state index in [1.165, 1.54) is 0 Å². The molecule has 2 rings (SSSR count). The maximum absolute atomic E-state index is 9.34. The first-order valence-electron chi connectivity index (χ1n) is 6.11. The normalized spacial score (nSPS) is 11.4. The van der Waals surface area contributed by atoms with E-state index < -0.39 is 6.04 Å². The van der Waals surface area contributed by atoms with Crippen molar-refractivity contribution in [3.63, 3.8) is 0 Å². The average molecular weight is 252 g/mol. The minimum absolute atomic E-state index is 0.392. The molecule has 0 spiro atoms. The SMILES string of the molecule is COc1cccc(C)c1N[C@@H](C#N)c1ccccc1. The summed E-state index contributed by atoms with van der Waals surface area (Å²) in [5, 5.41) is 12.6. The Morgan fingerprint density at radius 2 is 1.84 bits per heavy atom. The molecule has 0 unspecified atom stereocenters. The first-order chi connectivity index (χ1) is 9.26. The van der Waals surface area contributed by atoms with Crippen LogP contribution in [0.3, 0.4) is 0 Å². The third kappa shape index (κ3) is 2.86. The number of rotatable bonds is 4. The van der Waals surface area contributed by atoms with Crippen LogP contribution in [0.25, 0.3) is 0 Å². The number of para-hydroxylation sites is 1. The van der Waals surface area contributed by atoms with Crippen LogP contribution in [-0.4, -0.2) is 7.11 Å². The molecule has 19 heavy (non-hydrogen) atoms. The van der Waals surface area contributed by atoms with Crippen molar-refractivity contribution in [2.75, 3.05) is 12.4 Å². The lowest BCUT2D eigenvalue weighted by molar-refractivity contribution is 0.416. The molecular formula is C16H16N2O. The van der Waals surface area contributed by atoms with E-state index in [4.69, 9.17) is 4.74 Å². The number of nitrogens with zero attached hydrogens (tertiary/aromatic N) is 1. The summed E-state index contributed by atoms with van der Waals surface area (Å²) in [6, 6.07) is 17.4. The highest BCUT2D eigenvalue weighted by Gasteiger charge is 2.13. The third-order valence-electron chi connectivity index (χ3n) is 3.01. The van der Waals surface area contributed by atoms with Gasteiger partial charge in [0.1, 0.15) is 11.8 Å². The van der Waals surface area contributed by atoms with Crippen molar-refractivity contribution in [3.8, 4) is 11.8 Å². The van der Waals surface area contributed by atoms with Gasteiger partial charge in [-0.05, 0) is 24.1 Å². The van der Waals surface area contributed by atoms with Gasteiger partial charge in [-0.25, -0.2) is 0 Å². The van der Waals surface area contributed by atoms with Gasteiger partial charge in [0, 0.05) is 0 Å². The average Bonchev–Trinajstić information content (AvgIpc) is 2.46. The minimum atomic E-state index is -0.392. The number of hydrogen-bond acceptors (Lipinski definition) is 3. The Kier molecular flexibility index (Phi) is 4.04. The van der Waals surface area contributed by atoms with Crippen LogP contribution >= 0.6 is 0 Å². The molecule has 0 aliphatic carbocycles. The van der Waals surface area contributed by atoms with Crippen LogP contribution in [0.1, 0.15) is 17.2 Å². The topological polar surface area (TPSA) is 45.0 Å². The van der Waals surface area contributed by atoms with Gasteiger partial charge >= 0.3 is 0 Å². The largest absolute Gasteiger partial charge is 0.495 e. The smallest absolute Gasteiger partial charge is 0.142 e. The van der Waals surface area contributed by atoms with E-state index in [-0.39, 0.29) is 0 Å². The second-order valence-corrected chi connectivity index (χ2v) is 4.27. The molecule has 3 nitrogen and oxygen atoms in total. The molecule has 1 N–H and O–H groups in total. The van der Waals surface area contributed by atoms with Gasteiger partial charge in [-0.3, -0.25) is 0 Å². The summed E-state index contributed by atoms with van der Waals surface area (Å²) < 4.78 is 5.34. The molecule has 0 radical (unpaired) electrons. The molecule has 2 aromatic rings. The molecule has 1 atom stereocenters. The maximum atomic E-state index is 9.34. The van der Waals surface area contributed by atoms with Crippen LogP contribution < -0.4 is 10.1 Å². The molecule has 0 aliphatic rings. The van der Waals surface area contributed by atoms with Crippen LogP contribution in [0.2, 0.25) is 0 Å². The van der Waals surface area contributed by atoms with Gasteiger partial charge < -0.3 is 10.1 Å². The molecule has 0 bridgehead atoms. The molecule has 0 heterocycles. The lowest BCUT2D eigenvalue weighted by Gasteiger charge is -2.17. The van der Waals surface area contributed by atoms with Gasteiger partial charge in [0.15, 0.2) is 0 Å². The summed E-state index contributed by atoms with van der Waals surface area (Å²) >= 11 is 0. The fourth-order valence-electron chi connectivity index (χ4n) is 1.98. The zero-order valence-corrected chi connectivity index (χ0v) is 11.1. The molecule has 0 amide bonds. The number of nitrogens with one attached hydrogen (secondary N) is 1. The van der Waals surface area contributed by atoms with Gasteiger partial charge in [0.25, 0.3) is 0 Å². The Hall–Kier alpha value is -2.47. The summed E-state index contributed by atoms with van der Waals surface area (Å²) in [4.78, 5) is 0. The quantitative estimate of drug-likeness (QED) is 0.902. The van der Waals surface area contributed by atoms with Crippen molar-refractivity contribution in [2.45, 2.75) is 13.0 Å². The lowest BCUT2D eigenvalue weighted by Crippen LogP contribution is -2.10. The predicted octanol–water partition coefficient (Wildman–Crippen LogP) is 3.68. The highest BCUT2D eigenvalue weighted by atomic mass is 16.5. The highest BCUT2D eigenvalue weighted by molar-refractivity contribution is 5.63. The van der Waals surface area contributed by atoms with Gasteiger partial charge in [-0.1, -0.05) is 42.5 Å². The molecule has 0 saturated heterocycles. The first-order valence-corrected chi connectivity index (χ1v) is 6.11. The van der Waals surface area contributed by atoms with Crippen LogP contribution in [0, 0.1) is 18.3 Å². The van der Waals surface area contributed by atoms with Gasteiger partial charge in [0.05, 0.1) is 18.9 Å². The lowest BCUT2D eigenvalue weighted by atomic mass is 10.1. The third-order valence-corrected chi connectivity index (χ3v) is 3.01. The van der Waals surface area contributed by atoms with Crippen molar-refractivity contribution in [2.24, 2.45) is 0 Å². The Labute approximate surface area is 113 Å². The number of hydrogen-bond donors (Lipinski definition) is 1. The Bertz CT molecular complexity index is 587. The van der Waals surface area contributed by atoms with Gasteiger partial charge in [-0.2, -0.15) is 5.26 Å². The van der Waals surface area contributed by atoms with E-state index in [0.29, 0.717) is 0 Å². The molecule has 0 aliphatic heterocycles. The zero-order valence-electron chi connectivity index (χ0n) is 11.1. The van der Waals surface area contributed by atoms with Crippen LogP contribution in [0.15, 0.2) is 48.5 Å². The molecule has 96 valence electrons. The van der Waals surface area contributed by atoms with Crippen molar-refractivity contribution in [1.82, 2.24) is 0 Å². The fraction of sp³-hybridized carbons (Fsp3) is 0.188. The van der Waals surface area contributed by atoms with E-state index in [9.17, 15) is 5.26 Å². The monoisotopic (exact) mass is 252 g/mol. The summed E-state index contributed by atoms with van der Waals surface area (Å²) in [6.45, 7) is 1.99. The second kappa shape index (κ2) is 5.92. The summed E-state index contributed by atoms with van der Waals surface area (Å²) in [5.74, 6) is 0.746. The predicted molar refractivity (Wildman–Crippen MR) is 76.1 cm³/mol. The van der Waals surface area contributed by atoms with Crippen molar-refractivity contribution >= 4 is 5.69 Å². The summed E-state index contributed by atoms with van der Waals surface area (Å²) in [6.07, 6.45) is 0. The minimum Gasteiger partial charge on any atom is -0.495 e. The fourth-order valence-corrected chi connectivity index (χ4v) is 1.98. The molecular weight excluding hydrogens is 236 g/mol. The molecule has 2 aromatic carbocycles. The first kappa shape index (κ1) is 13.0. The van der Waals surface area contributed by atoms with E-state index in [1.807, 2.05) is 55.5 Å². The van der Waals surface area contributed by atoms with Crippen molar-refractivity contribution in [1.29, 1.82) is 5.26 Å². The molecule has 3 heteroatoms. The van der Waals surface area contributed by atoms with E-state index in [0.717, 1.165) is 22.6 Å². The van der Waals surface area contributed by atoms with E-state index >= 15 is 0 Å². The van der Waals surface area contributed by atoms with Gasteiger partial charge in [-0.15, -0.1) is 0 Å². The number of benzene rings is 2. The van der Waals surface area contributed by atoms with Crippen LogP contribution in [-0.2, 0) is 0 Å². The summed E-state index contributed by atoms with van der Waals surface area (Å²) in [7, 11) is 1.63. The maximum Gasteiger partial charge on any atom is 0.142 e. The number of anilines is 1. The number of ether oxygens (including phenoxy) is 1. The second-order valence-electron chi connectivity index (χ2n) is 4.27. The van der Waals surface area contributed by atoms with Gasteiger partial charge in [0.2, 0.25) is 0 Å². The summed E-state index contributed by atoms with van der Waals surface area (Å²) in [5.41, 5.74) is 2.85. The zero-order chi connectivity index (χ0) is 13.7. The van der Waals surface area contributed by atoms with Crippen LogP contribution in [0.5, 0.6) is 5.75 Å². The Morgan fingerprint density at radius 1 is 1.11 bits per heavy atom. The van der Waals surface area contributed by atoms with Crippen molar-refractivity contribution < 1.29 is 4.74 Å². The highest BCUT2D eigenvalue weighted by Crippen LogP contribution is 2.31. The van der Waals surface area contributed by atoms with E-state index in [1.54, 1.807) is 7.11 Å².